The molecule has 1 N–H and O–H groups in total. The Kier molecular flexibility index (Phi) is 6.21. The third-order valence-electron chi connectivity index (χ3n) is 4.16. The molecule has 1 atom stereocenters. The van der Waals surface area contributed by atoms with Gasteiger partial charge in [-0.05, 0) is 56.7 Å². The average Bonchev–Trinajstić information content (AvgIpc) is 2.67. The van der Waals surface area contributed by atoms with Gasteiger partial charge in [0.15, 0.2) is 0 Å². The predicted octanol–water partition coefficient (Wildman–Crippen LogP) is 4.62. The number of hydrogen-bond donors (Lipinski definition) is 1. The van der Waals surface area contributed by atoms with E-state index in [9.17, 15) is 9.59 Å². The first kappa shape index (κ1) is 20.2. The molecule has 0 saturated heterocycles. The van der Waals surface area contributed by atoms with Crippen molar-refractivity contribution >= 4 is 35.0 Å². The molecular formula is C21H20ClN3O2S. The van der Waals surface area contributed by atoms with Crippen molar-refractivity contribution < 1.29 is 4.79 Å². The van der Waals surface area contributed by atoms with E-state index in [1.165, 1.54) is 22.5 Å². The second-order valence-corrected chi connectivity index (χ2v) is 8.24. The number of carbonyl (C=O) groups excluding carboxylic acids is 1. The van der Waals surface area contributed by atoms with Crippen LogP contribution in [0.3, 0.4) is 0 Å². The lowest BCUT2D eigenvalue weighted by molar-refractivity contribution is -0.115. The van der Waals surface area contributed by atoms with Crippen molar-refractivity contribution in [2.75, 3.05) is 5.32 Å². The van der Waals surface area contributed by atoms with Gasteiger partial charge in [-0.1, -0.05) is 47.1 Å². The van der Waals surface area contributed by atoms with E-state index in [0.29, 0.717) is 15.7 Å². The highest BCUT2D eigenvalue weighted by Crippen LogP contribution is 2.23. The van der Waals surface area contributed by atoms with E-state index in [4.69, 9.17) is 11.6 Å². The Morgan fingerprint density at radius 1 is 1.11 bits per heavy atom. The molecule has 3 rings (SSSR count). The first-order valence-corrected chi connectivity index (χ1v) is 10.0. The van der Waals surface area contributed by atoms with Crippen LogP contribution in [0.5, 0.6) is 0 Å². The molecule has 0 aliphatic rings. The Balaban J connectivity index is 1.76. The molecule has 144 valence electrons. The Morgan fingerprint density at radius 2 is 1.82 bits per heavy atom. The summed E-state index contributed by atoms with van der Waals surface area (Å²) in [5, 5.41) is 8.02. The van der Waals surface area contributed by atoms with E-state index in [1.807, 2.05) is 44.2 Å². The number of thioether (sulfide) groups is 1. The Hall–Kier alpha value is -2.57. The number of hydrogen-bond acceptors (Lipinski definition) is 4. The number of nitrogens with zero attached hydrogens (tertiary/aromatic N) is 2. The maximum atomic E-state index is 12.5. The highest BCUT2D eigenvalue weighted by molar-refractivity contribution is 8.00. The van der Waals surface area contributed by atoms with Crippen molar-refractivity contribution in [3.63, 3.8) is 0 Å². The van der Waals surface area contributed by atoms with Crippen LogP contribution in [0.1, 0.15) is 18.1 Å². The Morgan fingerprint density at radius 3 is 2.50 bits per heavy atom. The summed E-state index contributed by atoms with van der Waals surface area (Å²) in [4.78, 5) is 24.7. The van der Waals surface area contributed by atoms with Gasteiger partial charge in [0.25, 0.3) is 5.56 Å². The second kappa shape index (κ2) is 8.63. The molecule has 2 aromatic carbocycles. The molecule has 1 aromatic heterocycles. The number of halogens is 1. The van der Waals surface area contributed by atoms with Crippen molar-refractivity contribution in [2.24, 2.45) is 0 Å². The number of rotatable bonds is 5. The lowest BCUT2D eigenvalue weighted by Crippen LogP contribution is -2.24. The fourth-order valence-corrected chi connectivity index (χ4v) is 3.45. The Bertz CT molecular complexity index is 1060. The van der Waals surface area contributed by atoms with Gasteiger partial charge < -0.3 is 5.32 Å². The number of anilines is 1. The SMILES string of the molecule is Cc1ccc(NC(=O)[C@@H](C)Sc2ccc(=O)n(-c3ccc(C)c(Cl)c3)n2)cc1. The predicted molar refractivity (Wildman–Crippen MR) is 115 cm³/mol. The first-order valence-electron chi connectivity index (χ1n) is 8.74. The van der Waals surface area contributed by atoms with Gasteiger partial charge in [0.2, 0.25) is 5.91 Å². The lowest BCUT2D eigenvalue weighted by atomic mass is 10.2. The van der Waals surface area contributed by atoms with Crippen LogP contribution in [0, 0.1) is 13.8 Å². The molecule has 0 saturated carbocycles. The van der Waals surface area contributed by atoms with Crippen LogP contribution in [0.15, 0.2) is 64.4 Å². The van der Waals surface area contributed by atoms with Crippen molar-refractivity contribution in [3.8, 4) is 5.69 Å². The molecule has 3 aromatic rings. The number of benzene rings is 2. The summed E-state index contributed by atoms with van der Waals surface area (Å²) < 4.78 is 1.29. The van der Waals surface area contributed by atoms with E-state index in [2.05, 4.69) is 10.4 Å². The Labute approximate surface area is 172 Å². The smallest absolute Gasteiger partial charge is 0.271 e. The summed E-state index contributed by atoms with van der Waals surface area (Å²) in [5.74, 6) is -0.133. The van der Waals surface area contributed by atoms with Gasteiger partial charge >= 0.3 is 0 Å². The van der Waals surface area contributed by atoms with Gasteiger partial charge in [0.1, 0.15) is 5.03 Å². The van der Waals surface area contributed by atoms with Gasteiger partial charge in [-0.2, -0.15) is 9.78 Å². The van der Waals surface area contributed by atoms with Gasteiger partial charge in [-0.15, -0.1) is 0 Å². The van der Waals surface area contributed by atoms with Crippen molar-refractivity contribution in [1.29, 1.82) is 0 Å². The minimum absolute atomic E-state index is 0.133. The summed E-state index contributed by atoms with van der Waals surface area (Å²) >= 11 is 7.45. The van der Waals surface area contributed by atoms with E-state index in [-0.39, 0.29) is 16.7 Å². The second-order valence-electron chi connectivity index (χ2n) is 6.47. The van der Waals surface area contributed by atoms with Gasteiger partial charge in [-0.25, -0.2) is 0 Å². The molecule has 0 bridgehead atoms. The number of aromatic nitrogens is 2. The largest absolute Gasteiger partial charge is 0.325 e. The maximum Gasteiger partial charge on any atom is 0.271 e. The lowest BCUT2D eigenvalue weighted by Gasteiger charge is -2.13. The summed E-state index contributed by atoms with van der Waals surface area (Å²) in [7, 11) is 0. The van der Waals surface area contributed by atoms with Gasteiger partial charge in [0.05, 0.1) is 10.9 Å². The molecule has 7 heteroatoms. The molecule has 0 aliphatic carbocycles. The molecule has 0 aliphatic heterocycles. The summed E-state index contributed by atoms with van der Waals surface area (Å²) in [6, 6.07) is 16.0. The van der Waals surface area contributed by atoms with E-state index >= 15 is 0 Å². The molecule has 0 spiro atoms. The van der Waals surface area contributed by atoms with Crippen LogP contribution >= 0.6 is 23.4 Å². The molecule has 5 nitrogen and oxygen atoms in total. The summed E-state index contributed by atoms with van der Waals surface area (Å²) in [6.07, 6.45) is 0. The number of aryl methyl sites for hydroxylation is 2. The van der Waals surface area contributed by atoms with Crippen LogP contribution < -0.4 is 10.9 Å². The van der Waals surface area contributed by atoms with Gasteiger partial charge in [0, 0.05) is 16.8 Å². The standard InChI is InChI=1S/C21H20ClN3O2S/c1-13-4-7-16(8-5-13)23-21(27)15(3)28-19-10-11-20(26)25(24-19)17-9-6-14(2)18(22)12-17/h4-12,15H,1-3H3,(H,23,27)/t15-/m1/s1. The fourth-order valence-electron chi connectivity index (χ4n) is 2.47. The number of carbonyl (C=O) groups is 1. The summed E-state index contributed by atoms with van der Waals surface area (Å²) in [6.45, 7) is 5.68. The maximum absolute atomic E-state index is 12.5. The quantitative estimate of drug-likeness (QED) is 0.620. The van der Waals surface area contributed by atoms with E-state index < -0.39 is 0 Å². The molecule has 28 heavy (non-hydrogen) atoms. The zero-order chi connectivity index (χ0) is 20.3. The fraction of sp³-hybridized carbons (Fsp3) is 0.190. The minimum Gasteiger partial charge on any atom is -0.325 e. The first-order chi connectivity index (χ1) is 13.3. The third kappa shape index (κ3) is 4.82. The molecule has 0 unspecified atom stereocenters. The zero-order valence-corrected chi connectivity index (χ0v) is 17.3. The third-order valence-corrected chi connectivity index (χ3v) is 5.60. The van der Waals surface area contributed by atoms with E-state index in [0.717, 1.165) is 16.8 Å². The van der Waals surface area contributed by atoms with Crippen LogP contribution in [0.25, 0.3) is 5.69 Å². The van der Waals surface area contributed by atoms with Crippen LogP contribution in [0.4, 0.5) is 5.69 Å². The molecular weight excluding hydrogens is 394 g/mol. The van der Waals surface area contributed by atoms with Crippen molar-refractivity contribution in [3.05, 3.63) is 81.1 Å². The monoisotopic (exact) mass is 413 g/mol. The number of nitrogens with one attached hydrogen (secondary N) is 1. The number of amides is 1. The highest BCUT2D eigenvalue weighted by atomic mass is 35.5. The van der Waals surface area contributed by atoms with Crippen molar-refractivity contribution in [2.45, 2.75) is 31.0 Å². The van der Waals surface area contributed by atoms with Crippen LogP contribution in [-0.4, -0.2) is 20.9 Å². The highest BCUT2D eigenvalue weighted by Gasteiger charge is 2.16. The minimum atomic E-state index is -0.388. The molecule has 0 radical (unpaired) electrons. The van der Waals surface area contributed by atoms with E-state index in [1.54, 1.807) is 25.1 Å². The molecule has 1 amide bonds. The summed E-state index contributed by atoms with van der Waals surface area (Å²) in [5.41, 5.74) is 3.12. The average molecular weight is 414 g/mol. The zero-order valence-electron chi connectivity index (χ0n) is 15.8. The van der Waals surface area contributed by atoms with Crippen LogP contribution in [-0.2, 0) is 4.79 Å². The molecule has 1 heterocycles. The topological polar surface area (TPSA) is 64.0 Å². The van der Waals surface area contributed by atoms with Crippen molar-refractivity contribution in [1.82, 2.24) is 9.78 Å². The van der Waals surface area contributed by atoms with Gasteiger partial charge in [-0.3, -0.25) is 9.59 Å². The normalized spacial score (nSPS) is 11.9. The van der Waals surface area contributed by atoms with Crippen LogP contribution in [0.2, 0.25) is 5.02 Å². The molecule has 0 fully saturated rings.